The van der Waals surface area contributed by atoms with Crippen LogP contribution >= 0.6 is 0 Å². The summed E-state index contributed by atoms with van der Waals surface area (Å²) >= 11 is 0. The molecule has 0 fully saturated rings. The molecule has 2 amide bonds. The molecule has 2 aromatic rings. The van der Waals surface area contributed by atoms with Gasteiger partial charge in [0, 0.05) is 18.7 Å². The van der Waals surface area contributed by atoms with Crippen LogP contribution in [0.4, 0.5) is 9.18 Å². The van der Waals surface area contributed by atoms with Crippen molar-refractivity contribution in [1.82, 2.24) is 10.2 Å². The van der Waals surface area contributed by atoms with Gasteiger partial charge in [0.1, 0.15) is 11.6 Å². The predicted octanol–water partition coefficient (Wildman–Crippen LogP) is 3.82. The molecule has 1 atom stereocenters. The summed E-state index contributed by atoms with van der Waals surface area (Å²) in [6.45, 7) is 4.40. The molecule has 0 bridgehead atoms. The topological polar surface area (TPSA) is 52.6 Å². The molecule has 122 valence electrons. The van der Waals surface area contributed by atoms with Gasteiger partial charge in [0.05, 0.1) is 6.04 Å². The standard InChI is InChI=1S/C18H21FN2O2/c1-3-21(13(2)14-8-6-9-16(22)11-14)18(23)20-12-15-7-4-5-10-17(15)19/h4-11,13,22H,3,12H2,1-2H3,(H,20,23)/t13-/m1/s1. The van der Waals surface area contributed by atoms with Crippen molar-refractivity contribution in [3.63, 3.8) is 0 Å². The van der Waals surface area contributed by atoms with Crippen molar-refractivity contribution in [2.45, 2.75) is 26.4 Å². The van der Waals surface area contributed by atoms with Crippen molar-refractivity contribution >= 4 is 6.03 Å². The summed E-state index contributed by atoms with van der Waals surface area (Å²) in [5.74, 6) is -0.172. The van der Waals surface area contributed by atoms with Gasteiger partial charge in [-0.05, 0) is 37.6 Å². The van der Waals surface area contributed by atoms with E-state index in [1.165, 1.54) is 6.07 Å². The van der Waals surface area contributed by atoms with E-state index in [0.29, 0.717) is 12.1 Å². The van der Waals surface area contributed by atoms with Gasteiger partial charge in [-0.15, -0.1) is 0 Å². The fraction of sp³-hybridized carbons (Fsp3) is 0.278. The van der Waals surface area contributed by atoms with Gasteiger partial charge in [-0.1, -0.05) is 30.3 Å². The van der Waals surface area contributed by atoms with Gasteiger partial charge in [-0.2, -0.15) is 0 Å². The molecule has 0 aromatic heterocycles. The lowest BCUT2D eigenvalue weighted by atomic mass is 10.1. The van der Waals surface area contributed by atoms with Crippen molar-refractivity contribution < 1.29 is 14.3 Å². The maximum Gasteiger partial charge on any atom is 0.318 e. The zero-order chi connectivity index (χ0) is 16.8. The van der Waals surface area contributed by atoms with Gasteiger partial charge in [-0.3, -0.25) is 0 Å². The number of amides is 2. The Morgan fingerprint density at radius 2 is 2.00 bits per heavy atom. The number of aromatic hydroxyl groups is 1. The van der Waals surface area contributed by atoms with E-state index in [-0.39, 0.29) is 30.2 Å². The molecule has 0 radical (unpaired) electrons. The van der Waals surface area contributed by atoms with Crippen LogP contribution in [0.5, 0.6) is 5.75 Å². The molecule has 5 heteroatoms. The van der Waals surface area contributed by atoms with Crippen LogP contribution in [0.3, 0.4) is 0 Å². The highest BCUT2D eigenvalue weighted by Crippen LogP contribution is 2.23. The molecule has 23 heavy (non-hydrogen) atoms. The van der Waals surface area contributed by atoms with E-state index < -0.39 is 0 Å². The molecule has 0 heterocycles. The van der Waals surface area contributed by atoms with Crippen molar-refractivity contribution in [2.75, 3.05) is 6.54 Å². The lowest BCUT2D eigenvalue weighted by Gasteiger charge is -2.28. The number of nitrogens with zero attached hydrogens (tertiary/aromatic N) is 1. The van der Waals surface area contributed by atoms with E-state index in [0.717, 1.165) is 5.56 Å². The first-order valence-electron chi connectivity index (χ1n) is 7.59. The van der Waals surface area contributed by atoms with Crippen molar-refractivity contribution in [2.24, 2.45) is 0 Å². The number of hydrogen-bond donors (Lipinski definition) is 2. The maximum absolute atomic E-state index is 13.6. The van der Waals surface area contributed by atoms with E-state index >= 15 is 0 Å². The van der Waals surface area contributed by atoms with Crippen LogP contribution in [0.2, 0.25) is 0 Å². The number of urea groups is 1. The zero-order valence-electron chi connectivity index (χ0n) is 13.3. The minimum absolute atomic E-state index is 0.134. The highest BCUT2D eigenvalue weighted by molar-refractivity contribution is 5.74. The molecular weight excluding hydrogens is 295 g/mol. The molecular formula is C18H21FN2O2. The average molecular weight is 316 g/mol. The van der Waals surface area contributed by atoms with Gasteiger partial charge < -0.3 is 15.3 Å². The maximum atomic E-state index is 13.6. The van der Waals surface area contributed by atoms with E-state index in [1.807, 2.05) is 19.9 Å². The Morgan fingerprint density at radius 3 is 2.65 bits per heavy atom. The number of phenolic OH excluding ortho intramolecular Hbond substituents is 1. The van der Waals surface area contributed by atoms with Crippen molar-refractivity contribution in [3.05, 3.63) is 65.5 Å². The molecule has 0 aliphatic rings. The Morgan fingerprint density at radius 1 is 1.26 bits per heavy atom. The van der Waals surface area contributed by atoms with Crippen LogP contribution in [0, 0.1) is 5.82 Å². The zero-order valence-corrected chi connectivity index (χ0v) is 13.3. The third-order valence-corrected chi connectivity index (χ3v) is 3.81. The Hall–Kier alpha value is -2.56. The van der Waals surface area contributed by atoms with E-state index in [1.54, 1.807) is 41.3 Å². The molecule has 2 rings (SSSR count). The van der Waals surface area contributed by atoms with Gasteiger partial charge >= 0.3 is 6.03 Å². The molecule has 0 aliphatic carbocycles. The monoisotopic (exact) mass is 316 g/mol. The van der Waals surface area contributed by atoms with Gasteiger partial charge in [0.25, 0.3) is 0 Å². The third-order valence-electron chi connectivity index (χ3n) is 3.81. The fourth-order valence-corrected chi connectivity index (χ4v) is 2.47. The number of hydrogen-bond acceptors (Lipinski definition) is 2. The molecule has 2 N–H and O–H groups in total. The first-order valence-corrected chi connectivity index (χ1v) is 7.59. The first-order chi connectivity index (χ1) is 11.0. The lowest BCUT2D eigenvalue weighted by Crippen LogP contribution is -2.41. The van der Waals surface area contributed by atoms with Crippen molar-refractivity contribution in [1.29, 1.82) is 0 Å². The highest BCUT2D eigenvalue weighted by Gasteiger charge is 2.20. The molecule has 0 unspecified atom stereocenters. The summed E-state index contributed by atoms with van der Waals surface area (Å²) in [4.78, 5) is 14.0. The fourth-order valence-electron chi connectivity index (χ4n) is 2.47. The number of rotatable bonds is 5. The van der Waals surface area contributed by atoms with Gasteiger partial charge in [0.2, 0.25) is 0 Å². The molecule has 0 saturated carbocycles. The number of phenols is 1. The number of halogens is 1. The minimum Gasteiger partial charge on any atom is -0.508 e. The summed E-state index contributed by atoms with van der Waals surface area (Å²) in [6, 6.07) is 12.7. The Balaban J connectivity index is 2.05. The molecule has 0 aliphatic heterocycles. The van der Waals surface area contributed by atoms with Crippen LogP contribution in [-0.4, -0.2) is 22.6 Å². The normalized spacial score (nSPS) is 11.8. The number of carbonyl (C=O) groups is 1. The molecule has 2 aromatic carbocycles. The van der Waals surface area contributed by atoms with Crippen LogP contribution in [-0.2, 0) is 6.54 Å². The Bertz CT molecular complexity index is 676. The molecule has 0 saturated heterocycles. The molecule has 4 nitrogen and oxygen atoms in total. The number of benzene rings is 2. The number of nitrogens with one attached hydrogen (secondary N) is 1. The van der Waals surface area contributed by atoms with Crippen LogP contribution in [0.25, 0.3) is 0 Å². The second-order valence-electron chi connectivity index (χ2n) is 5.31. The Kier molecular flexibility index (Phi) is 5.57. The lowest BCUT2D eigenvalue weighted by molar-refractivity contribution is 0.182. The highest BCUT2D eigenvalue weighted by atomic mass is 19.1. The van der Waals surface area contributed by atoms with E-state index in [2.05, 4.69) is 5.32 Å². The van der Waals surface area contributed by atoms with Crippen LogP contribution in [0.15, 0.2) is 48.5 Å². The smallest absolute Gasteiger partial charge is 0.318 e. The molecule has 0 spiro atoms. The summed E-state index contributed by atoms with van der Waals surface area (Å²) < 4.78 is 13.6. The van der Waals surface area contributed by atoms with Gasteiger partial charge in [-0.25, -0.2) is 9.18 Å². The second kappa shape index (κ2) is 7.63. The van der Waals surface area contributed by atoms with Crippen LogP contribution < -0.4 is 5.32 Å². The predicted molar refractivity (Wildman–Crippen MR) is 87.5 cm³/mol. The van der Waals surface area contributed by atoms with Crippen LogP contribution in [0.1, 0.15) is 31.0 Å². The summed E-state index contributed by atoms with van der Waals surface area (Å²) in [7, 11) is 0. The summed E-state index contributed by atoms with van der Waals surface area (Å²) in [5, 5.41) is 12.3. The number of carbonyl (C=O) groups excluding carboxylic acids is 1. The summed E-state index contributed by atoms with van der Waals surface area (Å²) in [6.07, 6.45) is 0. The summed E-state index contributed by atoms with van der Waals surface area (Å²) in [5.41, 5.74) is 1.29. The van der Waals surface area contributed by atoms with E-state index in [4.69, 9.17) is 0 Å². The van der Waals surface area contributed by atoms with E-state index in [9.17, 15) is 14.3 Å². The third kappa shape index (κ3) is 4.22. The quantitative estimate of drug-likeness (QED) is 0.881. The average Bonchev–Trinajstić information content (AvgIpc) is 2.54. The SMILES string of the molecule is CCN(C(=O)NCc1ccccc1F)[C@H](C)c1cccc(O)c1. The minimum atomic E-state index is -0.336. The van der Waals surface area contributed by atoms with Crippen molar-refractivity contribution in [3.8, 4) is 5.75 Å². The van der Waals surface area contributed by atoms with Gasteiger partial charge in [0.15, 0.2) is 0 Å². The Labute approximate surface area is 135 Å². The largest absolute Gasteiger partial charge is 0.508 e. The first kappa shape index (κ1) is 16.8. The second-order valence-corrected chi connectivity index (χ2v) is 5.31.